The summed E-state index contributed by atoms with van der Waals surface area (Å²) >= 11 is 0. The van der Waals surface area contributed by atoms with Gasteiger partial charge in [-0.05, 0) is 35.4 Å². The minimum absolute atomic E-state index is 0.111. The average Bonchev–Trinajstić information content (AvgIpc) is 3.13. The number of carbonyl (C=O) groups is 2. The number of rotatable bonds is 9. The molecule has 1 atom stereocenters. The van der Waals surface area contributed by atoms with Gasteiger partial charge in [0.1, 0.15) is 31.3 Å². The number of ketones is 1. The summed E-state index contributed by atoms with van der Waals surface area (Å²) < 4.78 is 24.5. The Balaban J connectivity index is 1.63. The van der Waals surface area contributed by atoms with Crippen LogP contribution in [-0.2, 0) is 14.3 Å². The Labute approximate surface area is 204 Å². The van der Waals surface area contributed by atoms with Crippen LogP contribution in [0, 0.1) is 5.82 Å². The Hall–Kier alpha value is -3.49. The van der Waals surface area contributed by atoms with Crippen molar-refractivity contribution in [2.75, 3.05) is 46.0 Å². The lowest BCUT2D eigenvalue weighted by Gasteiger charge is -2.29. The molecule has 1 N–H and O–H groups in total. The Morgan fingerprint density at radius 2 is 1.83 bits per heavy atom. The second-order valence-electron chi connectivity index (χ2n) is 8.61. The van der Waals surface area contributed by atoms with Gasteiger partial charge in [-0.2, -0.15) is 0 Å². The third kappa shape index (κ3) is 5.61. The third-order valence-electron chi connectivity index (χ3n) is 6.33. The van der Waals surface area contributed by atoms with Gasteiger partial charge >= 0.3 is 0 Å². The van der Waals surface area contributed by atoms with Crippen LogP contribution >= 0.6 is 0 Å². The highest BCUT2D eigenvalue weighted by molar-refractivity contribution is 6.46. The SMILES string of the molecule is C=CCOc1ccc(C([O-])=C2C(=O)C(=O)N(CCC[NH+]3CCOCC3)C2c2ccc(F)cc2)cc1. The Kier molecular flexibility index (Phi) is 7.94. The van der Waals surface area contributed by atoms with Crippen LogP contribution in [0.3, 0.4) is 0 Å². The van der Waals surface area contributed by atoms with Gasteiger partial charge in [-0.25, -0.2) is 4.39 Å². The van der Waals surface area contributed by atoms with E-state index in [1.807, 2.05) is 0 Å². The minimum Gasteiger partial charge on any atom is -0.872 e. The first-order valence-corrected chi connectivity index (χ1v) is 11.8. The molecule has 2 fully saturated rings. The van der Waals surface area contributed by atoms with Crippen LogP contribution in [0.2, 0.25) is 0 Å². The highest BCUT2D eigenvalue weighted by Gasteiger charge is 2.44. The Morgan fingerprint density at radius 1 is 1.14 bits per heavy atom. The molecule has 0 aromatic heterocycles. The van der Waals surface area contributed by atoms with Gasteiger partial charge in [0.25, 0.3) is 5.91 Å². The maximum absolute atomic E-state index is 13.6. The number of halogens is 1. The standard InChI is InChI=1S/C27H29FN2O5/c1-2-16-35-22-10-6-20(7-11-22)25(31)23-24(19-4-8-21(28)9-5-19)30(27(33)26(23)32)13-3-12-29-14-17-34-18-15-29/h2,4-11,24,31H,1,3,12-18H2. The summed E-state index contributed by atoms with van der Waals surface area (Å²) in [6, 6.07) is 11.1. The van der Waals surface area contributed by atoms with Gasteiger partial charge in [0, 0.05) is 18.5 Å². The molecule has 35 heavy (non-hydrogen) atoms. The fraction of sp³-hybridized carbons (Fsp3) is 0.333. The van der Waals surface area contributed by atoms with E-state index in [0.29, 0.717) is 44.1 Å². The van der Waals surface area contributed by atoms with Crippen LogP contribution < -0.4 is 14.7 Å². The van der Waals surface area contributed by atoms with Crippen molar-refractivity contribution >= 4 is 17.4 Å². The van der Waals surface area contributed by atoms with Gasteiger partial charge in [0.2, 0.25) is 5.78 Å². The predicted molar refractivity (Wildman–Crippen MR) is 126 cm³/mol. The molecule has 4 rings (SSSR count). The number of morpholine rings is 1. The van der Waals surface area contributed by atoms with E-state index >= 15 is 0 Å². The number of hydrogen-bond acceptors (Lipinski definition) is 5. The number of ether oxygens (including phenoxy) is 2. The van der Waals surface area contributed by atoms with Gasteiger partial charge in [0.15, 0.2) is 0 Å². The summed E-state index contributed by atoms with van der Waals surface area (Å²) in [6.07, 6.45) is 2.28. The van der Waals surface area contributed by atoms with Crippen LogP contribution in [0.15, 0.2) is 66.8 Å². The molecule has 2 aliphatic rings. The van der Waals surface area contributed by atoms with E-state index in [1.54, 1.807) is 30.3 Å². The smallest absolute Gasteiger partial charge is 0.295 e. The van der Waals surface area contributed by atoms with Crippen molar-refractivity contribution in [2.24, 2.45) is 0 Å². The summed E-state index contributed by atoms with van der Waals surface area (Å²) in [5.74, 6) is -1.91. The molecule has 8 heteroatoms. The molecule has 0 bridgehead atoms. The van der Waals surface area contributed by atoms with Crippen molar-refractivity contribution in [2.45, 2.75) is 12.5 Å². The molecule has 2 aromatic rings. The Bertz CT molecular complexity index is 1090. The first kappa shape index (κ1) is 24.6. The molecule has 0 aliphatic carbocycles. The number of benzene rings is 2. The van der Waals surface area contributed by atoms with E-state index in [-0.39, 0.29) is 11.1 Å². The van der Waals surface area contributed by atoms with E-state index in [2.05, 4.69) is 6.58 Å². The molecular formula is C27H29FN2O5. The zero-order chi connectivity index (χ0) is 24.8. The number of carbonyl (C=O) groups excluding carboxylic acids is 2. The third-order valence-corrected chi connectivity index (χ3v) is 6.33. The lowest BCUT2D eigenvalue weighted by molar-refractivity contribution is -0.908. The van der Waals surface area contributed by atoms with Crippen LogP contribution in [-0.4, -0.2) is 62.6 Å². The van der Waals surface area contributed by atoms with Crippen LogP contribution in [0.4, 0.5) is 4.39 Å². The summed E-state index contributed by atoms with van der Waals surface area (Å²) in [5.41, 5.74) is 0.692. The van der Waals surface area contributed by atoms with Crippen molar-refractivity contribution in [3.63, 3.8) is 0 Å². The topological polar surface area (TPSA) is 83.3 Å². The molecule has 0 radical (unpaired) electrons. The van der Waals surface area contributed by atoms with Crippen LogP contribution in [0.1, 0.15) is 23.6 Å². The largest absolute Gasteiger partial charge is 0.872 e. The first-order valence-electron chi connectivity index (χ1n) is 11.8. The molecule has 184 valence electrons. The van der Waals surface area contributed by atoms with Gasteiger partial charge in [-0.1, -0.05) is 42.7 Å². The fourth-order valence-electron chi connectivity index (χ4n) is 4.52. The lowest BCUT2D eigenvalue weighted by Crippen LogP contribution is -3.14. The van der Waals surface area contributed by atoms with Gasteiger partial charge < -0.3 is 24.4 Å². The van der Waals surface area contributed by atoms with E-state index in [1.165, 1.54) is 34.1 Å². The normalized spacial score (nSPS) is 20.3. The first-order chi connectivity index (χ1) is 17.0. The monoisotopic (exact) mass is 480 g/mol. The van der Waals surface area contributed by atoms with E-state index in [9.17, 15) is 19.1 Å². The van der Waals surface area contributed by atoms with Crippen molar-refractivity contribution in [3.05, 3.63) is 83.7 Å². The fourth-order valence-corrected chi connectivity index (χ4v) is 4.52. The predicted octanol–water partition coefficient (Wildman–Crippen LogP) is 0.920. The Morgan fingerprint density at radius 3 is 2.49 bits per heavy atom. The van der Waals surface area contributed by atoms with Gasteiger partial charge in [0.05, 0.1) is 25.8 Å². The summed E-state index contributed by atoms with van der Waals surface area (Å²) in [6.45, 7) is 8.28. The molecule has 2 aliphatic heterocycles. The number of quaternary nitrogens is 1. The van der Waals surface area contributed by atoms with Crippen molar-refractivity contribution < 1.29 is 33.5 Å². The molecule has 2 saturated heterocycles. The second kappa shape index (κ2) is 11.3. The molecule has 1 amide bonds. The zero-order valence-corrected chi connectivity index (χ0v) is 19.5. The molecule has 2 heterocycles. The second-order valence-corrected chi connectivity index (χ2v) is 8.61. The number of nitrogens with zero attached hydrogens (tertiary/aromatic N) is 1. The van der Waals surface area contributed by atoms with Gasteiger partial charge in [-0.15, -0.1) is 0 Å². The molecular weight excluding hydrogens is 451 g/mol. The van der Waals surface area contributed by atoms with Crippen molar-refractivity contribution in [1.29, 1.82) is 0 Å². The van der Waals surface area contributed by atoms with Crippen molar-refractivity contribution in [1.82, 2.24) is 4.90 Å². The molecule has 7 nitrogen and oxygen atoms in total. The number of likely N-dealkylation sites (tertiary alicyclic amines) is 1. The molecule has 0 spiro atoms. The average molecular weight is 481 g/mol. The van der Waals surface area contributed by atoms with Crippen LogP contribution in [0.25, 0.3) is 5.76 Å². The summed E-state index contributed by atoms with van der Waals surface area (Å²) in [4.78, 5) is 28.9. The quantitative estimate of drug-likeness (QED) is 0.250. The summed E-state index contributed by atoms with van der Waals surface area (Å²) in [5, 5.41) is 13.5. The zero-order valence-electron chi connectivity index (χ0n) is 19.5. The van der Waals surface area contributed by atoms with Gasteiger partial charge in [-0.3, -0.25) is 9.59 Å². The van der Waals surface area contributed by atoms with Crippen LogP contribution in [0.5, 0.6) is 5.75 Å². The molecule has 1 unspecified atom stereocenters. The number of Topliss-reactive ketones (excluding diaryl/α,β-unsaturated/α-hetero) is 1. The maximum Gasteiger partial charge on any atom is 0.295 e. The van der Waals surface area contributed by atoms with Crippen molar-refractivity contribution in [3.8, 4) is 5.75 Å². The number of hydrogen-bond donors (Lipinski definition) is 1. The lowest BCUT2D eigenvalue weighted by atomic mass is 9.95. The molecule has 2 aromatic carbocycles. The highest BCUT2D eigenvalue weighted by atomic mass is 19.1. The number of amides is 1. The van der Waals surface area contributed by atoms with E-state index in [0.717, 1.165) is 19.6 Å². The number of nitrogens with one attached hydrogen (secondary N) is 1. The molecule has 0 saturated carbocycles. The minimum atomic E-state index is -0.862. The van der Waals surface area contributed by atoms with E-state index < -0.39 is 29.3 Å². The van der Waals surface area contributed by atoms with E-state index in [4.69, 9.17) is 9.47 Å². The highest BCUT2D eigenvalue weighted by Crippen LogP contribution is 2.38. The summed E-state index contributed by atoms with van der Waals surface area (Å²) in [7, 11) is 0. The maximum atomic E-state index is 13.6.